The standard InChI is InChI=1S/C16H12BCl2N3O2/c17-15-11-2-1-3-20-12(11)14(23)13(22-15)16(24)21-7-8-4-9(18)6-10(19)5-8/h1-6,23H,7,17H2,(H,21,24). The van der Waals surface area contributed by atoms with Crippen molar-refractivity contribution in [3.63, 3.8) is 0 Å². The van der Waals surface area contributed by atoms with Gasteiger partial charge < -0.3 is 10.4 Å². The molecule has 2 N–H and O–H groups in total. The molecule has 0 spiro atoms. The largest absolute Gasteiger partial charge is 0.504 e. The zero-order chi connectivity index (χ0) is 17.3. The summed E-state index contributed by atoms with van der Waals surface area (Å²) in [6, 6.07) is 8.56. The summed E-state index contributed by atoms with van der Waals surface area (Å²) in [5.41, 5.74) is 1.65. The SMILES string of the molecule is Bc1nc(C(=O)NCc2cc(Cl)cc(Cl)c2)c(O)c2ncccc12. The topological polar surface area (TPSA) is 75.1 Å². The number of carbonyl (C=O) groups excluding carboxylic acids is 1. The van der Waals surface area contributed by atoms with E-state index in [0.717, 1.165) is 5.56 Å². The lowest BCUT2D eigenvalue weighted by molar-refractivity contribution is 0.0943. The molecule has 0 aliphatic rings. The molecule has 0 radical (unpaired) electrons. The minimum atomic E-state index is -0.501. The van der Waals surface area contributed by atoms with Crippen LogP contribution in [0.1, 0.15) is 16.1 Å². The summed E-state index contributed by atoms with van der Waals surface area (Å²) in [7, 11) is 1.76. The van der Waals surface area contributed by atoms with Gasteiger partial charge in [0.05, 0.1) is 0 Å². The fourth-order valence-electron chi connectivity index (χ4n) is 2.42. The predicted molar refractivity (Wildman–Crippen MR) is 97.0 cm³/mol. The van der Waals surface area contributed by atoms with Gasteiger partial charge in [-0.1, -0.05) is 29.3 Å². The highest BCUT2D eigenvalue weighted by atomic mass is 35.5. The number of nitrogens with one attached hydrogen (secondary N) is 1. The van der Waals surface area contributed by atoms with Crippen LogP contribution in [-0.4, -0.2) is 28.8 Å². The van der Waals surface area contributed by atoms with E-state index in [1.54, 1.807) is 44.4 Å². The van der Waals surface area contributed by atoms with Gasteiger partial charge >= 0.3 is 0 Å². The second-order valence-corrected chi connectivity index (χ2v) is 6.13. The number of amides is 1. The van der Waals surface area contributed by atoms with Crippen LogP contribution in [0.25, 0.3) is 10.9 Å². The summed E-state index contributed by atoms with van der Waals surface area (Å²) >= 11 is 11.9. The first-order valence-electron chi connectivity index (χ1n) is 7.13. The number of carbonyl (C=O) groups is 1. The van der Waals surface area contributed by atoms with Gasteiger partial charge in [0.1, 0.15) is 5.52 Å². The Morgan fingerprint density at radius 3 is 2.67 bits per heavy atom. The van der Waals surface area contributed by atoms with Crippen LogP contribution in [0.2, 0.25) is 10.0 Å². The zero-order valence-corrected chi connectivity index (χ0v) is 14.2. The van der Waals surface area contributed by atoms with Gasteiger partial charge in [-0.25, -0.2) is 0 Å². The van der Waals surface area contributed by atoms with E-state index < -0.39 is 5.91 Å². The van der Waals surface area contributed by atoms with Gasteiger partial charge in [0, 0.05) is 33.8 Å². The minimum Gasteiger partial charge on any atom is -0.504 e. The number of benzene rings is 1. The van der Waals surface area contributed by atoms with Crippen molar-refractivity contribution in [1.29, 1.82) is 0 Å². The fourth-order valence-corrected chi connectivity index (χ4v) is 2.99. The normalized spacial score (nSPS) is 10.8. The Balaban J connectivity index is 1.87. The quantitative estimate of drug-likeness (QED) is 0.699. The number of nitrogens with zero attached hydrogens (tertiary/aromatic N) is 2. The van der Waals surface area contributed by atoms with Crippen LogP contribution in [0.4, 0.5) is 0 Å². The summed E-state index contributed by atoms with van der Waals surface area (Å²) in [5, 5.41) is 14.7. The molecule has 0 atom stereocenters. The van der Waals surface area contributed by atoms with Crippen LogP contribution in [0.15, 0.2) is 36.5 Å². The van der Waals surface area contributed by atoms with Gasteiger partial charge in [0.15, 0.2) is 19.3 Å². The maximum absolute atomic E-state index is 12.4. The number of fused-ring (bicyclic) bond motifs is 1. The monoisotopic (exact) mass is 359 g/mol. The van der Waals surface area contributed by atoms with E-state index in [0.29, 0.717) is 26.5 Å². The van der Waals surface area contributed by atoms with Gasteiger partial charge in [-0.3, -0.25) is 14.8 Å². The number of aromatic nitrogens is 2. The molecule has 2 heterocycles. The van der Waals surface area contributed by atoms with Crippen LogP contribution in [0, 0.1) is 0 Å². The minimum absolute atomic E-state index is 0.0631. The van der Waals surface area contributed by atoms with E-state index in [4.69, 9.17) is 23.2 Å². The Bertz CT molecular complexity index is 930. The van der Waals surface area contributed by atoms with Crippen LogP contribution in [0.3, 0.4) is 0 Å². The van der Waals surface area contributed by atoms with E-state index in [9.17, 15) is 9.90 Å². The van der Waals surface area contributed by atoms with E-state index in [-0.39, 0.29) is 18.0 Å². The highest BCUT2D eigenvalue weighted by Gasteiger charge is 2.18. The molecule has 0 fully saturated rings. The summed E-state index contributed by atoms with van der Waals surface area (Å²) in [6.07, 6.45) is 1.55. The third-order valence-electron chi connectivity index (χ3n) is 3.52. The van der Waals surface area contributed by atoms with Crippen molar-refractivity contribution in [2.75, 3.05) is 0 Å². The lowest BCUT2D eigenvalue weighted by Crippen LogP contribution is -2.26. The molecule has 0 aliphatic heterocycles. The molecule has 8 heteroatoms. The molecule has 3 aromatic rings. The van der Waals surface area contributed by atoms with Gasteiger partial charge in [0.2, 0.25) is 0 Å². The lowest BCUT2D eigenvalue weighted by Gasteiger charge is -2.10. The van der Waals surface area contributed by atoms with Gasteiger partial charge in [0.25, 0.3) is 5.91 Å². The predicted octanol–water partition coefficient (Wildman–Crippen LogP) is 1.83. The van der Waals surface area contributed by atoms with Crippen molar-refractivity contribution in [3.05, 3.63) is 57.8 Å². The van der Waals surface area contributed by atoms with E-state index in [1.165, 1.54) is 0 Å². The van der Waals surface area contributed by atoms with Crippen molar-refractivity contribution in [2.45, 2.75) is 6.54 Å². The number of aromatic hydroxyl groups is 1. The molecule has 0 saturated carbocycles. The van der Waals surface area contributed by atoms with Gasteiger partial charge in [-0.05, 0) is 29.8 Å². The Kier molecular flexibility index (Phi) is 4.60. The molecule has 0 saturated heterocycles. The summed E-state index contributed by atoms with van der Waals surface area (Å²) in [4.78, 5) is 20.7. The number of hydrogen-bond donors (Lipinski definition) is 2. The number of rotatable bonds is 3. The molecular weight excluding hydrogens is 348 g/mol. The molecule has 120 valence electrons. The summed E-state index contributed by atoms with van der Waals surface area (Å²) in [5.74, 6) is -0.739. The molecule has 0 bridgehead atoms. The molecule has 1 amide bonds. The Morgan fingerprint density at radius 2 is 1.96 bits per heavy atom. The number of pyridine rings is 2. The first kappa shape index (κ1) is 16.5. The summed E-state index contributed by atoms with van der Waals surface area (Å²) < 4.78 is 0. The molecule has 0 unspecified atom stereocenters. The average Bonchev–Trinajstić information content (AvgIpc) is 2.55. The summed E-state index contributed by atoms with van der Waals surface area (Å²) in [6.45, 7) is 0.208. The zero-order valence-electron chi connectivity index (χ0n) is 12.7. The van der Waals surface area contributed by atoms with Crippen molar-refractivity contribution < 1.29 is 9.90 Å². The fraction of sp³-hybridized carbons (Fsp3) is 0.0625. The van der Waals surface area contributed by atoms with E-state index in [1.807, 2.05) is 0 Å². The van der Waals surface area contributed by atoms with Crippen molar-refractivity contribution in [1.82, 2.24) is 15.3 Å². The second-order valence-electron chi connectivity index (χ2n) is 5.25. The molecule has 5 nitrogen and oxygen atoms in total. The average molecular weight is 360 g/mol. The molecule has 3 rings (SSSR count). The maximum atomic E-state index is 12.4. The van der Waals surface area contributed by atoms with E-state index >= 15 is 0 Å². The molecule has 2 aromatic heterocycles. The second kappa shape index (κ2) is 6.67. The maximum Gasteiger partial charge on any atom is 0.274 e. The highest BCUT2D eigenvalue weighted by Crippen LogP contribution is 2.23. The van der Waals surface area contributed by atoms with Crippen molar-refractivity contribution in [3.8, 4) is 5.75 Å². The van der Waals surface area contributed by atoms with Crippen LogP contribution in [-0.2, 0) is 6.54 Å². The molecule has 24 heavy (non-hydrogen) atoms. The van der Waals surface area contributed by atoms with Crippen LogP contribution in [0.5, 0.6) is 5.75 Å². The lowest BCUT2D eigenvalue weighted by atomic mass is 9.97. The number of halogens is 2. The van der Waals surface area contributed by atoms with E-state index in [2.05, 4.69) is 15.3 Å². The van der Waals surface area contributed by atoms with Gasteiger partial charge in [-0.15, -0.1) is 0 Å². The molecule has 1 aromatic carbocycles. The van der Waals surface area contributed by atoms with Gasteiger partial charge in [-0.2, -0.15) is 0 Å². The first-order valence-corrected chi connectivity index (χ1v) is 7.89. The number of hydrogen-bond acceptors (Lipinski definition) is 4. The first-order chi connectivity index (χ1) is 11.5. The smallest absolute Gasteiger partial charge is 0.274 e. The highest BCUT2D eigenvalue weighted by molar-refractivity contribution is 6.37. The van der Waals surface area contributed by atoms with Crippen LogP contribution >= 0.6 is 23.2 Å². The third kappa shape index (κ3) is 3.30. The molecule has 0 aliphatic carbocycles. The Hall–Kier alpha value is -2.31. The van der Waals surface area contributed by atoms with Crippen molar-refractivity contribution in [2.24, 2.45) is 0 Å². The third-order valence-corrected chi connectivity index (χ3v) is 3.95. The molecular formula is C16H12BCl2N3O2. The van der Waals surface area contributed by atoms with Crippen LogP contribution < -0.4 is 10.9 Å². The Labute approximate surface area is 149 Å². The Morgan fingerprint density at radius 1 is 1.25 bits per heavy atom. The van der Waals surface area contributed by atoms with Crippen molar-refractivity contribution >= 4 is 53.5 Å².